The fourth-order valence-corrected chi connectivity index (χ4v) is 1.34. The molecule has 1 aromatic rings. The monoisotopic (exact) mass is 257 g/mol. The Labute approximate surface area is 103 Å². The average Bonchev–Trinajstić information content (AvgIpc) is 2.33. The summed E-state index contributed by atoms with van der Waals surface area (Å²) in [6.45, 7) is 0.205. The first-order valence-corrected chi connectivity index (χ1v) is 5.21. The molecule has 0 saturated heterocycles. The summed E-state index contributed by atoms with van der Waals surface area (Å²) in [7, 11) is 1.53. The van der Waals surface area contributed by atoms with Crippen molar-refractivity contribution in [1.29, 1.82) is 0 Å². The van der Waals surface area contributed by atoms with Gasteiger partial charge in [0.25, 0.3) is 0 Å². The molecule has 18 heavy (non-hydrogen) atoms. The first kappa shape index (κ1) is 14.1. The summed E-state index contributed by atoms with van der Waals surface area (Å²) in [6, 6.07) is -0.405. The van der Waals surface area contributed by atoms with Gasteiger partial charge in [-0.2, -0.15) is 0 Å². The predicted octanol–water partition coefficient (Wildman–Crippen LogP) is -0.224. The van der Waals surface area contributed by atoms with Crippen molar-refractivity contribution < 1.29 is 14.8 Å². The van der Waals surface area contributed by atoms with Gasteiger partial charge >= 0.3 is 5.69 Å². The molecule has 0 aliphatic carbocycles. The highest BCUT2D eigenvalue weighted by molar-refractivity contribution is 5.67. The molecule has 100 valence electrons. The Morgan fingerprint density at radius 3 is 2.94 bits per heavy atom. The van der Waals surface area contributed by atoms with Crippen molar-refractivity contribution in [2.45, 2.75) is 12.5 Å². The molecule has 1 atom stereocenters. The summed E-state index contributed by atoms with van der Waals surface area (Å²) in [5.74, 6) is -0.233. The fourth-order valence-electron chi connectivity index (χ4n) is 1.34. The molecule has 0 aliphatic heterocycles. The van der Waals surface area contributed by atoms with Crippen LogP contribution in [-0.2, 0) is 4.74 Å². The predicted molar refractivity (Wildman–Crippen MR) is 64.1 cm³/mol. The molecule has 0 aliphatic rings. The smallest absolute Gasteiger partial charge is 0.352 e. The maximum Gasteiger partial charge on any atom is 0.352 e. The number of rotatable bonds is 7. The van der Waals surface area contributed by atoms with Crippen molar-refractivity contribution in [3.63, 3.8) is 0 Å². The van der Waals surface area contributed by atoms with Crippen molar-refractivity contribution in [1.82, 2.24) is 9.97 Å². The molecule has 0 radical (unpaired) electrons. The average molecular weight is 257 g/mol. The SMILES string of the molecule is COCCC(CO)Nc1ncnc(N)c1[N+](=O)[O-]. The third kappa shape index (κ3) is 3.50. The molecule has 0 spiro atoms. The van der Waals surface area contributed by atoms with E-state index in [2.05, 4.69) is 15.3 Å². The highest BCUT2D eigenvalue weighted by atomic mass is 16.6. The van der Waals surface area contributed by atoms with Gasteiger partial charge in [-0.3, -0.25) is 10.1 Å². The van der Waals surface area contributed by atoms with Crippen molar-refractivity contribution in [2.24, 2.45) is 0 Å². The summed E-state index contributed by atoms with van der Waals surface area (Å²) in [5.41, 5.74) is 5.02. The summed E-state index contributed by atoms with van der Waals surface area (Å²) < 4.78 is 4.87. The zero-order valence-electron chi connectivity index (χ0n) is 9.87. The quantitative estimate of drug-likeness (QED) is 0.450. The lowest BCUT2D eigenvalue weighted by atomic mass is 10.2. The van der Waals surface area contributed by atoms with Crippen LogP contribution in [0.3, 0.4) is 0 Å². The van der Waals surface area contributed by atoms with E-state index in [4.69, 9.17) is 15.6 Å². The summed E-state index contributed by atoms with van der Waals surface area (Å²) in [6.07, 6.45) is 1.60. The van der Waals surface area contributed by atoms with Gasteiger partial charge in [-0.1, -0.05) is 0 Å². The number of aliphatic hydroxyl groups is 1. The van der Waals surface area contributed by atoms with Gasteiger partial charge in [0.1, 0.15) is 6.33 Å². The zero-order chi connectivity index (χ0) is 13.5. The number of anilines is 2. The van der Waals surface area contributed by atoms with Gasteiger partial charge in [-0.15, -0.1) is 0 Å². The Kier molecular flexibility index (Phi) is 5.21. The van der Waals surface area contributed by atoms with Crippen molar-refractivity contribution in [3.8, 4) is 0 Å². The minimum Gasteiger partial charge on any atom is -0.394 e. The van der Waals surface area contributed by atoms with Gasteiger partial charge in [0.15, 0.2) is 0 Å². The van der Waals surface area contributed by atoms with Crippen LogP contribution in [0.4, 0.5) is 17.3 Å². The van der Waals surface area contributed by atoms with Crippen LogP contribution >= 0.6 is 0 Å². The molecule has 9 heteroatoms. The molecule has 0 aromatic carbocycles. The van der Waals surface area contributed by atoms with E-state index in [0.29, 0.717) is 13.0 Å². The third-order valence-electron chi connectivity index (χ3n) is 2.26. The number of hydrogen-bond donors (Lipinski definition) is 3. The van der Waals surface area contributed by atoms with Crippen LogP contribution in [0.25, 0.3) is 0 Å². The van der Waals surface area contributed by atoms with Crippen LogP contribution in [0.2, 0.25) is 0 Å². The largest absolute Gasteiger partial charge is 0.394 e. The Bertz CT molecular complexity index is 414. The normalized spacial score (nSPS) is 12.1. The number of ether oxygens (including phenoxy) is 1. The molecule has 4 N–H and O–H groups in total. The molecule has 1 unspecified atom stereocenters. The van der Waals surface area contributed by atoms with E-state index in [-0.39, 0.29) is 18.2 Å². The molecular weight excluding hydrogens is 242 g/mol. The first-order valence-electron chi connectivity index (χ1n) is 5.21. The number of hydrogen-bond acceptors (Lipinski definition) is 8. The van der Waals surface area contributed by atoms with Crippen LogP contribution in [0.5, 0.6) is 0 Å². The number of nitro groups is 1. The topological polar surface area (TPSA) is 136 Å². The molecule has 0 fully saturated rings. The maximum absolute atomic E-state index is 10.8. The number of aromatic nitrogens is 2. The van der Waals surface area contributed by atoms with E-state index in [1.165, 1.54) is 7.11 Å². The van der Waals surface area contributed by atoms with Crippen LogP contribution in [0, 0.1) is 10.1 Å². The lowest BCUT2D eigenvalue weighted by molar-refractivity contribution is -0.383. The number of nitrogens with two attached hydrogens (primary N) is 1. The third-order valence-corrected chi connectivity index (χ3v) is 2.26. The Morgan fingerprint density at radius 1 is 1.67 bits per heavy atom. The molecule has 9 nitrogen and oxygen atoms in total. The van der Waals surface area contributed by atoms with Crippen LogP contribution in [-0.4, -0.2) is 46.4 Å². The van der Waals surface area contributed by atoms with E-state index in [1.54, 1.807) is 0 Å². The van der Waals surface area contributed by atoms with Crippen LogP contribution in [0.1, 0.15) is 6.42 Å². The van der Waals surface area contributed by atoms with E-state index in [0.717, 1.165) is 6.33 Å². The summed E-state index contributed by atoms with van der Waals surface area (Å²) >= 11 is 0. The van der Waals surface area contributed by atoms with Crippen molar-refractivity contribution >= 4 is 17.3 Å². The molecule has 1 rings (SSSR count). The first-order chi connectivity index (χ1) is 8.60. The molecule has 0 saturated carbocycles. The second-order valence-electron chi connectivity index (χ2n) is 3.52. The number of nitrogen functional groups attached to an aromatic ring is 1. The standard InChI is InChI=1S/C9H15N5O4/c1-18-3-2-6(4-15)13-9-7(14(16)17)8(10)11-5-12-9/h5-6,15H,2-4H2,1H3,(H3,10,11,12,13). The Balaban J connectivity index is 2.88. The highest BCUT2D eigenvalue weighted by Crippen LogP contribution is 2.26. The summed E-state index contributed by atoms with van der Waals surface area (Å²) in [4.78, 5) is 17.5. The van der Waals surface area contributed by atoms with Crippen molar-refractivity contribution in [2.75, 3.05) is 31.4 Å². The molecule has 1 aromatic heterocycles. The lowest BCUT2D eigenvalue weighted by Crippen LogP contribution is -2.26. The zero-order valence-corrected chi connectivity index (χ0v) is 9.87. The number of aliphatic hydroxyl groups excluding tert-OH is 1. The summed E-state index contributed by atoms with van der Waals surface area (Å²) in [5, 5.41) is 22.7. The van der Waals surface area contributed by atoms with Crippen molar-refractivity contribution in [3.05, 3.63) is 16.4 Å². The van der Waals surface area contributed by atoms with Crippen LogP contribution < -0.4 is 11.1 Å². The van der Waals surface area contributed by atoms with E-state index >= 15 is 0 Å². The number of methoxy groups -OCH3 is 1. The van der Waals surface area contributed by atoms with Gasteiger partial charge in [-0.05, 0) is 6.42 Å². The van der Waals surface area contributed by atoms with Crippen LogP contribution in [0.15, 0.2) is 6.33 Å². The highest BCUT2D eigenvalue weighted by Gasteiger charge is 2.22. The number of nitrogens with one attached hydrogen (secondary N) is 1. The van der Waals surface area contributed by atoms with Gasteiger partial charge in [0.2, 0.25) is 11.6 Å². The molecular formula is C9H15N5O4. The Hall–Kier alpha value is -2.00. The second kappa shape index (κ2) is 6.67. The fraction of sp³-hybridized carbons (Fsp3) is 0.556. The Morgan fingerprint density at radius 2 is 2.39 bits per heavy atom. The maximum atomic E-state index is 10.8. The van der Waals surface area contributed by atoms with E-state index in [9.17, 15) is 10.1 Å². The molecule has 0 amide bonds. The van der Waals surface area contributed by atoms with Gasteiger partial charge in [0.05, 0.1) is 17.6 Å². The van der Waals surface area contributed by atoms with Gasteiger partial charge in [-0.25, -0.2) is 9.97 Å². The molecule has 1 heterocycles. The minimum atomic E-state index is -0.664. The lowest BCUT2D eigenvalue weighted by Gasteiger charge is -2.16. The van der Waals surface area contributed by atoms with Gasteiger partial charge in [0, 0.05) is 13.7 Å². The number of nitrogens with zero attached hydrogens (tertiary/aromatic N) is 3. The van der Waals surface area contributed by atoms with E-state index in [1.807, 2.05) is 0 Å². The molecule has 0 bridgehead atoms. The van der Waals surface area contributed by atoms with Gasteiger partial charge < -0.3 is 20.9 Å². The van der Waals surface area contributed by atoms with E-state index < -0.39 is 16.7 Å². The minimum absolute atomic E-state index is 0.0114. The second-order valence-corrected chi connectivity index (χ2v) is 3.52.